The van der Waals surface area contributed by atoms with E-state index >= 15 is 0 Å². The van der Waals surface area contributed by atoms with Crippen LogP contribution in [0, 0.1) is 6.92 Å². The van der Waals surface area contributed by atoms with E-state index in [1.165, 1.54) is 0 Å². The highest BCUT2D eigenvalue weighted by Crippen LogP contribution is 2.32. The van der Waals surface area contributed by atoms with Gasteiger partial charge in [0, 0.05) is 6.54 Å². The lowest BCUT2D eigenvalue weighted by Gasteiger charge is -2.08. The van der Waals surface area contributed by atoms with Gasteiger partial charge in [-0.3, -0.25) is 4.79 Å². The topological polar surface area (TPSA) is 56.8 Å². The van der Waals surface area contributed by atoms with Crippen molar-refractivity contribution in [2.75, 3.05) is 19.9 Å². The van der Waals surface area contributed by atoms with Crippen LogP contribution in [0.5, 0.6) is 17.2 Å². The van der Waals surface area contributed by atoms with Crippen molar-refractivity contribution in [3.05, 3.63) is 53.6 Å². The van der Waals surface area contributed by atoms with Crippen molar-refractivity contribution < 1.29 is 19.0 Å². The van der Waals surface area contributed by atoms with Gasteiger partial charge in [-0.05, 0) is 43.2 Å². The molecule has 3 rings (SSSR count). The molecule has 2 aromatic rings. The standard InChI is InChI=1S/C18H19NO4/c1-13-2-5-15(6-3-13)21-11-18(20)19-9-8-14-4-7-16-17(10-14)23-12-22-16/h2-7,10H,8-9,11-12H2,1H3,(H,19,20). The molecule has 0 unspecified atom stereocenters. The summed E-state index contributed by atoms with van der Waals surface area (Å²) >= 11 is 0. The number of hydrogen-bond acceptors (Lipinski definition) is 4. The van der Waals surface area contributed by atoms with Crippen LogP contribution in [0.1, 0.15) is 11.1 Å². The third kappa shape index (κ3) is 4.16. The molecule has 5 nitrogen and oxygen atoms in total. The summed E-state index contributed by atoms with van der Waals surface area (Å²) < 4.78 is 16.0. The van der Waals surface area contributed by atoms with E-state index in [4.69, 9.17) is 14.2 Å². The molecule has 1 amide bonds. The van der Waals surface area contributed by atoms with E-state index in [1.54, 1.807) is 0 Å². The van der Waals surface area contributed by atoms with Crippen LogP contribution in [-0.2, 0) is 11.2 Å². The molecule has 1 aliphatic rings. The maximum absolute atomic E-state index is 11.8. The predicted octanol–water partition coefficient (Wildman–Crippen LogP) is 2.46. The lowest BCUT2D eigenvalue weighted by Crippen LogP contribution is -2.30. The van der Waals surface area contributed by atoms with E-state index in [0.717, 1.165) is 29.0 Å². The Morgan fingerprint density at radius 1 is 1.13 bits per heavy atom. The molecule has 1 heterocycles. The summed E-state index contributed by atoms with van der Waals surface area (Å²) in [6, 6.07) is 13.4. The van der Waals surface area contributed by atoms with E-state index < -0.39 is 0 Å². The van der Waals surface area contributed by atoms with Crippen LogP contribution >= 0.6 is 0 Å². The van der Waals surface area contributed by atoms with Crippen molar-refractivity contribution >= 4 is 5.91 Å². The average molecular weight is 313 g/mol. The number of nitrogens with one attached hydrogen (secondary N) is 1. The highest BCUT2D eigenvalue weighted by atomic mass is 16.7. The van der Waals surface area contributed by atoms with E-state index in [1.807, 2.05) is 49.4 Å². The van der Waals surface area contributed by atoms with Gasteiger partial charge in [0.1, 0.15) is 5.75 Å². The summed E-state index contributed by atoms with van der Waals surface area (Å²) in [5.74, 6) is 2.09. The molecule has 0 saturated carbocycles. The lowest BCUT2D eigenvalue weighted by atomic mass is 10.1. The Hall–Kier alpha value is -2.69. The Morgan fingerprint density at radius 2 is 1.91 bits per heavy atom. The fourth-order valence-electron chi connectivity index (χ4n) is 2.28. The Kier molecular flexibility index (Phi) is 4.66. The minimum Gasteiger partial charge on any atom is -0.484 e. The average Bonchev–Trinajstić information content (AvgIpc) is 3.02. The van der Waals surface area contributed by atoms with E-state index in [-0.39, 0.29) is 19.3 Å². The van der Waals surface area contributed by atoms with Gasteiger partial charge in [0.2, 0.25) is 6.79 Å². The Morgan fingerprint density at radius 3 is 2.74 bits per heavy atom. The first-order valence-corrected chi connectivity index (χ1v) is 7.55. The summed E-state index contributed by atoms with van der Waals surface area (Å²) in [5.41, 5.74) is 2.25. The first kappa shape index (κ1) is 15.2. The summed E-state index contributed by atoms with van der Waals surface area (Å²) in [4.78, 5) is 11.8. The second kappa shape index (κ2) is 7.05. The number of carbonyl (C=O) groups is 1. The largest absolute Gasteiger partial charge is 0.484 e. The van der Waals surface area contributed by atoms with Crippen LogP contribution in [0.25, 0.3) is 0 Å². The van der Waals surface area contributed by atoms with Crippen LogP contribution in [0.2, 0.25) is 0 Å². The van der Waals surface area contributed by atoms with Gasteiger partial charge in [0.25, 0.3) is 5.91 Å². The van der Waals surface area contributed by atoms with Crippen molar-refractivity contribution in [2.45, 2.75) is 13.3 Å². The summed E-state index contributed by atoms with van der Waals surface area (Å²) in [6.45, 7) is 2.85. The number of aryl methyl sites for hydroxylation is 1. The zero-order chi connectivity index (χ0) is 16.1. The van der Waals surface area contributed by atoms with E-state index in [2.05, 4.69) is 5.32 Å². The fourth-order valence-corrected chi connectivity index (χ4v) is 2.28. The number of hydrogen-bond donors (Lipinski definition) is 1. The number of amides is 1. The second-order valence-electron chi connectivity index (χ2n) is 5.39. The molecule has 5 heteroatoms. The van der Waals surface area contributed by atoms with Crippen molar-refractivity contribution in [1.29, 1.82) is 0 Å². The molecule has 0 bridgehead atoms. The van der Waals surface area contributed by atoms with Gasteiger partial charge in [0.05, 0.1) is 0 Å². The van der Waals surface area contributed by atoms with Crippen LogP contribution in [0.15, 0.2) is 42.5 Å². The maximum Gasteiger partial charge on any atom is 0.257 e. The van der Waals surface area contributed by atoms with Crippen molar-refractivity contribution in [2.24, 2.45) is 0 Å². The van der Waals surface area contributed by atoms with Gasteiger partial charge in [-0.2, -0.15) is 0 Å². The Balaban J connectivity index is 1.40. The fraction of sp³-hybridized carbons (Fsp3) is 0.278. The quantitative estimate of drug-likeness (QED) is 0.890. The number of rotatable bonds is 6. The first-order chi connectivity index (χ1) is 11.2. The molecule has 2 aromatic carbocycles. The number of ether oxygens (including phenoxy) is 3. The summed E-state index contributed by atoms with van der Waals surface area (Å²) in [5, 5.41) is 2.84. The minimum atomic E-state index is -0.133. The number of fused-ring (bicyclic) bond motifs is 1. The molecule has 0 atom stereocenters. The normalized spacial score (nSPS) is 12.0. The smallest absolute Gasteiger partial charge is 0.257 e. The van der Waals surface area contributed by atoms with Gasteiger partial charge in [-0.15, -0.1) is 0 Å². The minimum absolute atomic E-state index is 0.0181. The molecule has 1 N–H and O–H groups in total. The predicted molar refractivity (Wildman–Crippen MR) is 86.0 cm³/mol. The van der Waals surface area contributed by atoms with Crippen LogP contribution in [0.3, 0.4) is 0 Å². The molecule has 0 radical (unpaired) electrons. The second-order valence-corrected chi connectivity index (χ2v) is 5.39. The molecule has 1 aliphatic heterocycles. The van der Waals surface area contributed by atoms with Gasteiger partial charge in [0.15, 0.2) is 18.1 Å². The van der Waals surface area contributed by atoms with Gasteiger partial charge >= 0.3 is 0 Å². The number of benzene rings is 2. The van der Waals surface area contributed by atoms with E-state index in [9.17, 15) is 4.79 Å². The summed E-state index contributed by atoms with van der Waals surface area (Å²) in [7, 11) is 0. The molecular formula is C18H19NO4. The third-order valence-electron chi connectivity index (χ3n) is 3.56. The van der Waals surface area contributed by atoms with E-state index in [0.29, 0.717) is 12.3 Å². The zero-order valence-corrected chi connectivity index (χ0v) is 13.0. The number of carbonyl (C=O) groups excluding carboxylic acids is 1. The van der Waals surface area contributed by atoms with Crippen LogP contribution in [0.4, 0.5) is 0 Å². The molecule has 120 valence electrons. The molecule has 0 saturated heterocycles. The van der Waals surface area contributed by atoms with Crippen molar-refractivity contribution in [3.8, 4) is 17.2 Å². The highest BCUT2D eigenvalue weighted by Gasteiger charge is 2.13. The molecule has 23 heavy (non-hydrogen) atoms. The molecule has 0 fully saturated rings. The Bertz CT molecular complexity index is 682. The van der Waals surface area contributed by atoms with Gasteiger partial charge in [-0.25, -0.2) is 0 Å². The molecular weight excluding hydrogens is 294 g/mol. The maximum atomic E-state index is 11.8. The van der Waals surface area contributed by atoms with Gasteiger partial charge < -0.3 is 19.5 Å². The van der Waals surface area contributed by atoms with Crippen LogP contribution in [-0.4, -0.2) is 25.9 Å². The first-order valence-electron chi connectivity index (χ1n) is 7.55. The van der Waals surface area contributed by atoms with Gasteiger partial charge in [-0.1, -0.05) is 23.8 Å². The molecule has 0 aliphatic carbocycles. The highest BCUT2D eigenvalue weighted by molar-refractivity contribution is 5.77. The zero-order valence-electron chi connectivity index (χ0n) is 13.0. The van der Waals surface area contributed by atoms with Crippen LogP contribution < -0.4 is 19.5 Å². The monoisotopic (exact) mass is 313 g/mol. The Labute approximate surface area is 135 Å². The SMILES string of the molecule is Cc1ccc(OCC(=O)NCCc2ccc3c(c2)OCO3)cc1. The molecule has 0 spiro atoms. The summed E-state index contributed by atoms with van der Waals surface area (Å²) in [6.07, 6.45) is 0.729. The molecule has 0 aromatic heterocycles. The van der Waals surface area contributed by atoms with Crippen molar-refractivity contribution in [1.82, 2.24) is 5.32 Å². The third-order valence-corrected chi connectivity index (χ3v) is 3.56. The lowest BCUT2D eigenvalue weighted by molar-refractivity contribution is -0.123. The van der Waals surface area contributed by atoms with Crippen molar-refractivity contribution in [3.63, 3.8) is 0 Å².